The van der Waals surface area contributed by atoms with Gasteiger partial charge in [-0.25, -0.2) is 4.98 Å². The number of nitrogens with one attached hydrogen (secondary N) is 1. The third-order valence-corrected chi connectivity index (χ3v) is 3.58. The molecule has 5 nitrogen and oxygen atoms in total. The number of nitrogens with zero attached hydrogens (tertiary/aromatic N) is 2. The van der Waals surface area contributed by atoms with Crippen LogP contribution in [-0.2, 0) is 4.79 Å². The lowest BCUT2D eigenvalue weighted by atomic mass is 10.1. The van der Waals surface area contributed by atoms with Crippen molar-refractivity contribution < 1.29 is 9.59 Å². The number of carbonyl (C=O) groups excluding carboxylic acids is 2. The maximum atomic E-state index is 11.8. The Bertz CT molecular complexity index is 399. The van der Waals surface area contributed by atoms with E-state index in [1.165, 1.54) is 17.8 Å². The number of rotatable bonds is 4. The second kappa shape index (κ2) is 6.49. The number of carbonyl (C=O) groups is 2. The summed E-state index contributed by atoms with van der Waals surface area (Å²) in [6.07, 6.45) is 3.77. The summed E-state index contributed by atoms with van der Waals surface area (Å²) in [5.41, 5.74) is 2.04. The molecule has 2 heterocycles. The van der Waals surface area contributed by atoms with Gasteiger partial charge in [0.25, 0.3) is 5.91 Å². The number of likely N-dealkylation sites (tertiary alicyclic amines) is 1. The summed E-state index contributed by atoms with van der Waals surface area (Å²) in [6, 6.07) is 0. The molecule has 1 fully saturated rings. The van der Waals surface area contributed by atoms with E-state index >= 15 is 0 Å². The molecular weight excluding hydrogens is 250 g/mol. The summed E-state index contributed by atoms with van der Waals surface area (Å²) in [5.74, 6) is -0.0732. The Kier molecular flexibility index (Phi) is 4.69. The zero-order valence-corrected chi connectivity index (χ0v) is 11.0. The highest BCUT2D eigenvalue weighted by Crippen LogP contribution is 2.09. The lowest BCUT2D eigenvalue weighted by Gasteiger charge is -2.26. The average Bonchev–Trinajstić information content (AvgIpc) is 2.93. The number of piperidine rings is 1. The third-order valence-electron chi connectivity index (χ3n) is 3.00. The van der Waals surface area contributed by atoms with Gasteiger partial charge in [0, 0.05) is 31.4 Å². The first-order valence-corrected chi connectivity index (χ1v) is 7.16. The van der Waals surface area contributed by atoms with Gasteiger partial charge in [0.1, 0.15) is 5.69 Å². The zero-order valence-electron chi connectivity index (χ0n) is 10.2. The topological polar surface area (TPSA) is 62.3 Å². The minimum atomic E-state index is -0.206. The number of thiazole rings is 1. The van der Waals surface area contributed by atoms with Gasteiger partial charge in [-0.1, -0.05) is 0 Å². The minimum Gasteiger partial charge on any atom is -0.350 e. The van der Waals surface area contributed by atoms with Crippen molar-refractivity contribution in [3.05, 3.63) is 16.6 Å². The Labute approximate surface area is 110 Å². The summed E-state index contributed by atoms with van der Waals surface area (Å²) in [5, 5.41) is 4.41. The van der Waals surface area contributed by atoms with Crippen molar-refractivity contribution in [1.29, 1.82) is 0 Å². The number of hydrogen-bond acceptors (Lipinski definition) is 4. The Hall–Kier alpha value is -1.43. The van der Waals surface area contributed by atoms with Gasteiger partial charge < -0.3 is 10.2 Å². The molecule has 0 aliphatic carbocycles. The molecular formula is C12H17N3O2S. The van der Waals surface area contributed by atoms with Crippen LogP contribution in [0.4, 0.5) is 0 Å². The molecule has 1 N–H and O–H groups in total. The van der Waals surface area contributed by atoms with E-state index in [-0.39, 0.29) is 11.8 Å². The van der Waals surface area contributed by atoms with Crippen LogP contribution in [0.25, 0.3) is 0 Å². The first kappa shape index (κ1) is 13.0. The number of hydrogen-bond donors (Lipinski definition) is 1. The van der Waals surface area contributed by atoms with Crippen LogP contribution in [-0.4, -0.2) is 41.3 Å². The monoisotopic (exact) mass is 267 g/mol. The van der Waals surface area contributed by atoms with Crippen LogP contribution < -0.4 is 5.32 Å². The fourth-order valence-corrected chi connectivity index (χ4v) is 2.53. The van der Waals surface area contributed by atoms with Crippen molar-refractivity contribution >= 4 is 23.2 Å². The fourth-order valence-electron chi connectivity index (χ4n) is 2.00. The third kappa shape index (κ3) is 3.53. The maximum absolute atomic E-state index is 11.8. The van der Waals surface area contributed by atoms with Crippen molar-refractivity contribution in [3.8, 4) is 0 Å². The Morgan fingerprint density at radius 1 is 1.33 bits per heavy atom. The van der Waals surface area contributed by atoms with E-state index in [0.717, 1.165) is 25.9 Å². The Morgan fingerprint density at radius 3 is 2.78 bits per heavy atom. The highest BCUT2D eigenvalue weighted by Gasteiger charge is 2.16. The van der Waals surface area contributed by atoms with Crippen LogP contribution >= 0.6 is 11.3 Å². The van der Waals surface area contributed by atoms with Crippen LogP contribution in [0.1, 0.15) is 36.2 Å². The van der Waals surface area contributed by atoms with Gasteiger partial charge in [-0.3, -0.25) is 9.59 Å². The van der Waals surface area contributed by atoms with Crippen molar-refractivity contribution in [2.45, 2.75) is 25.7 Å². The molecule has 98 valence electrons. The molecule has 1 aliphatic rings. The van der Waals surface area contributed by atoms with E-state index in [1.807, 2.05) is 4.90 Å². The molecule has 1 aromatic rings. The predicted molar refractivity (Wildman–Crippen MR) is 69.5 cm³/mol. The first-order chi connectivity index (χ1) is 8.77. The smallest absolute Gasteiger partial charge is 0.270 e. The number of aromatic nitrogens is 1. The highest BCUT2D eigenvalue weighted by atomic mass is 32.1. The summed E-state index contributed by atoms with van der Waals surface area (Å²) in [4.78, 5) is 29.2. The summed E-state index contributed by atoms with van der Waals surface area (Å²) >= 11 is 1.38. The molecule has 1 aromatic heterocycles. The van der Waals surface area contributed by atoms with E-state index in [1.54, 1.807) is 10.9 Å². The van der Waals surface area contributed by atoms with E-state index in [9.17, 15) is 9.59 Å². The van der Waals surface area contributed by atoms with Crippen LogP contribution in [0.15, 0.2) is 10.9 Å². The first-order valence-electron chi connectivity index (χ1n) is 6.21. The molecule has 0 aromatic carbocycles. The van der Waals surface area contributed by atoms with E-state index < -0.39 is 0 Å². The Morgan fingerprint density at radius 2 is 2.11 bits per heavy atom. The van der Waals surface area contributed by atoms with Crippen molar-refractivity contribution in [2.75, 3.05) is 19.6 Å². The summed E-state index contributed by atoms with van der Waals surface area (Å²) in [6.45, 7) is 2.10. The van der Waals surface area contributed by atoms with Crippen LogP contribution in [0.3, 0.4) is 0 Å². The van der Waals surface area contributed by atoms with E-state index in [2.05, 4.69) is 10.3 Å². The average molecular weight is 267 g/mol. The molecule has 0 spiro atoms. The minimum absolute atomic E-state index is 0.133. The fraction of sp³-hybridized carbons (Fsp3) is 0.583. The molecule has 1 saturated heterocycles. The molecule has 0 bridgehead atoms. The predicted octanol–water partition coefficient (Wildman–Crippen LogP) is 1.28. The van der Waals surface area contributed by atoms with E-state index in [0.29, 0.717) is 18.7 Å². The molecule has 18 heavy (non-hydrogen) atoms. The standard InChI is InChI=1S/C12H17N3O2S/c16-11(15-6-2-1-3-7-15)4-5-13-12(17)10-8-18-9-14-10/h8-9H,1-7H2,(H,13,17). The SMILES string of the molecule is O=C(NCCC(=O)N1CCCCC1)c1cscn1. The van der Waals surface area contributed by atoms with Gasteiger partial charge in [0.15, 0.2) is 0 Å². The molecule has 0 atom stereocenters. The molecule has 0 saturated carbocycles. The normalized spacial score (nSPS) is 15.4. The van der Waals surface area contributed by atoms with Gasteiger partial charge in [-0.2, -0.15) is 0 Å². The maximum Gasteiger partial charge on any atom is 0.270 e. The van der Waals surface area contributed by atoms with Crippen molar-refractivity contribution in [2.24, 2.45) is 0 Å². The van der Waals surface area contributed by atoms with Gasteiger partial charge >= 0.3 is 0 Å². The zero-order chi connectivity index (χ0) is 12.8. The van der Waals surface area contributed by atoms with Crippen LogP contribution in [0.2, 0.25) is 0 Å². The van der Waals surface area contributed by atoms with Crippen molar-refractivity contribution in [1.82, 2.24) is 15.2 Å². The van der Waals surface area contributed by atoms with Gasteiger partial charge in [-0.15, -0.1) is 11.3 Å². The van der Waals surface area contributed by atoms with Gasteiger partial charge in [-0.05, 0) is 19.3 Å². The summed E-state index contributed by atoms with van der Waals surface area (Å²) in [7, 11) is 0. The second-order valence-electron chi connectivity index (χ2n) is 4.32. The molecule has 2 amide bonds. The van der Waals surface area contributed by atoms with Gasteiger partial charge in [0.05, 0.1) is 5.51 Å². The lowest BCUT2D eigenvalue weighted by Crippen LogP contribution is -2.37. The quantitative estimate of drug-likeness (QED) is 0.893. The summed E-state index contributed by atoms with van der Waals surface area (Å²) < 4.78 is 0. The van der Waals surface area contributed by atoms with E-state index in [4.69, 9.17) is 0 Å². The van der Waals surface area contributed by atoms with Crippen molar-refractivity contribution in [3.63, 3.8) is 0 Å². The molecule has 6 heteroatoms. The van der Waals surface area contributed by atoms with Crippen LogP contribution in [0, 0.1) is 0 Å². The molecule has 0 unspecified atom stereocenters. The molecule has 0 radical (unpaired) electrons. The van der Waals surface area contributed by atoms with Crippen LogP contribution in [0.5, 0.6) is 0 Å². The van der Waals surface area contributed by atoms with Gasteiger partial charge in [0.2, 0.25) is 5.91 Å². The second-order valence-corrected chi connectivity index (χ2v) is 5.04. The molecule has 2 rings (SSSR count). The highest BCUT2D eigenvalue weighted by molar-refractivity contribution is 7.07. The largest absolute Gasteiger partial charge is 0.350 e. The lowest BCUT2D eigenvalue weighted by molar-refractivity contribution is -0.131. The number of amides is 2. The Balaban J connectivity index is 1.68. The molecule has 1 aliphatic heterocycles.